The van der Waals surface area contributed by atoms with Gasteiger partial charge >= 0.3 is 0 Å². The molecule has 2 aromatic rings. The van der Waals surface area contributed by atoms with Crippen LogP contribution >= 0.6 is 0 Å². The van der Waals surface area contributed by atoms with Crippen LogP contribution in [0.5, 0.6) is 11.5 Å². The highest BCUT2D eigenvalue weighted by molar-refractivity contribution is 5.48. The van der Waals surface area contributed by atoms with Gasteiger partial charge in [-0.2, -0.15) is 0 Å². The fourth-order valence-corrected chi connectivity index (χ4v) is 2.24. The van der Waals surface area contributed by atoms with Gasteiger partial charge in [-0.3, -0.25) is 0 Å². The molecular formula is C16H18O3. The Morgan fingerprint density at radius 3 is 1.53 bits per heavy atom. The maximum atomic E-state index is 10.9. The first kappa shape index (κ1) is 13.4. The lowest BCUT2D eigenvalue weighted by molar-refractivity contribution is 0.0958. The van der Waals surface area contributed by atoms with Gasteiger partial charge in [-0.15, -0.1) is 0 Å². The lowest BCUT2D eigenvalue weighted by Crippen LogP contribution is -2.24. The highest BCUT2D eigenvalue weighted by atomic mass is 16.5. The van der Waals surface area contributed by atoms with Crippen LogP contribution in [-0.2, 0) is 5.60 Å². The standard InChI is InChI=1S/C16H18O3/c1-16(17,12-8-4-6-10-14(12)18-2)13-9-5-7-11-15(13)19-3/h4-11,17H,1-3H3. The van der Waals surface area contributed by atoms with E-state index in [0.29, 0.717) is 22.6 Å². The molecule has 0 unspecified atom stereocenters. The summed E-state index contributed by atoms with van der Waals surface area (Å²) in [6.45, 7) is 1.74. The Kier molecular flexibility index (Phi) is 3.76. The van der Waals surface area contributed by atoms with E-state index in [4.69, 9.17) is 9.47 Å². The number of methoxy groups -OCH3 is 2. The third-order valence-electron chi connectivity index (χ3n) is 3.26. The summed E-state index contributed by atoms with van der Waals surface area (Å²) < 4.78 is 10.7. The fourth-order valence-electron chi connectivity index (χ4n) is 2.24. The van der Waals surface area contributed by atoms with Crippen LogP contribution < -0.4 is 9.47 Å². The summed E-state index contributed by atoms with van der Waals surface area (Å²) in [5.41, 5.74) is 0.239. The Morgan fingerprint density at radius 2 is 1.16 bits per heavy atom. The van der Waals surface area contributed by atoms with Crippen LogP contribution in [0.1, 0.15) is 18.1 Å². The molecule has 0 aliphatic heterocycles. The van der Waals surface area contributed by atoms with Crippen LogP contribution in [0.15, 0.2) is 48.5 Å². The van der Waals surface area contributed by atoms with Gasteiger partial charge in [-0.25, -0.2) is 0 Å². The molecule has 0 atom stereocenters. The summed E-state index contributed by atoms with van der Waals surface area (Å²) in [5, 5.41) is 10.9. The lowest BCUT2D eigenvalue weighted by Gasteiger charge is -2.27. The topological polar surface area (TPSA) is 38.7 Å². The molecule has 19 heavy (non-hydrogen) atoms. The Balaban J connectivity index is 2.58. The third kappa shape index (κ3) is 2.42. The molecule has 0 aromatic heterocycles. The van der Waals surface area contributed by atoms with Crippen molar-refractivity contribution in [3.8, 4) is 11.5 Å². The fraction of sp³-hybridized carbons (Fsp3) is 0.250. The normalized spacial score (nSPS) is 11.2. The van der Waals surface area contributed by atoms with Gasteiger partial charge < -0.3 is 14.6 Å². The molecule has 2 aromatic carbocycles. The first-order valence-electron chi connectivity index (χ1n) is 6.10. The zero-order valence-electron chi connectivity index (χ0n) is 11.4. The second kappa shape index (κ2) is 5.33. The smallest absolute Gasteiger partial charge is 0.125 e. The first-order chi connectivity index (χ1) is 9.11. The van der Waals surface area contributed by atoms with E-state index >= 15 is 0 Å². The SMILES string of the molecule is COc1ccccc1C(C)(O)c1ccccc1OC. The van der Waals surface area contributed by atoms with Crippen molar-refractivity contribution in [2.24, 2.45) is 0 Å². The van der Waals surface area contributed by atoms with Crippen LogP contribution in [0, 0.1) is 0 Å². The van der Waals surface area contributed by atoms with Gasteiger partial charge in [0.1, 0.15) is 17.1 Å². The summed E-state index contributed by atoms with van der Waals surface area (Å²) in [4.78, 5) is 0. The van der Waals surface area contributed by atoms with Crippen molar-refractivity contribution < 1.29 is 14.6 Å². The van der Waals surface area contributed by atoms with E-state index in [1.165, 1.54) is 0 Å². The molecule has 0 bridgehead atoms. The number of para-hydroxylation sites is 2. The van der Waals surface area contributed by atoms with Crippen molar-refractivity contribution in [2.75, 3.05) is 14.2 Å². The first-order valence-corrected chi connectivity index (χ1v) is 6.10. The molecule has 0 spiro atoms. The van der Waals surface area contributed by atoms with Crippen LogP contribution in [0.25, 0.3) is 0 Å². The number of hydrogen-bond acceptors (Lipinski definition) is 3. The molecular weight excluding hydrogens is 240 g/mol. The van der Waals surface area contributed by atoms with E-state index < -0.39 is 5.60 Å². The van der Waals surface area contributed by atoms with Crippen LogP contribution in [0.3, 0.4) is 0 Å². The van der Waals surface area contributed by atoms with Gasteiger partial charge in [-0.05, 0) is 19.1 Å². The molecule has 0 saturated heterocycles. The summed E-state index contributed by atoms with van der Waals surface area (Å²) in [7, 11) is 3.19. The molecule has 0 heterocycles. The van der Waals surface area contributed by atoms with E-state index in [9.17, 15) is 5.11 Å². The van der Waals surface area contributed by atoms with Crippen LogP contribution in [0.2, 0.25) is 0 Å². The molecule has 0 aliphatic rings. The highest BCUT2D eigenvalue weighted by Crippen LogP contribution is 2.39. The maximum absolute atomic E-state index is 10.9. The Morgan fingerprint density at radius 1 is 0.789 bits per heavy atom. The number of benzene rings is 2. The average molecular weight is 258 g/mol. The molecule has 100 valence electrons. The van der Waals surface area contributed by atoms with Crippen LogP contribution in [-0.4, -0.2) is 19.3 Å². The van der Waals surface area contributed by atoms with Gasteiger partial charge in [0.2, 0.25) is 0 Å². The van der Waals surface area contributed by atoms with Gasteiger partial charge in [0.15, 0.2) is 0 Å². The van der Waals surface area contributed by atoms with Crippen molar-refractivity contribution >= 4 is 0 Å². The van der Waals surface area contributed by atoms with E-state index in [-0.39, 0.29) is 0 Å². The number of aliphatic hydroxyl groups is 1. The molecule has 2 rings (SSSR count). The van der Waals surface area contributed by atoms with Gasteiger partial charge in [0.05, 0.1) is 14.2 Å². The predicted octanol–water partition coefficient (Wildman–Crippen LogP) is 2.96. The number of rotatable bonds is 4. The number of ether oxygens (including phenoxy) is 2. The minimum absolute atomic E-state index is 0.651. The van der Waals surface area contributed by atoms with Crippen molar-refractivity contribution in [1.29, 1.82) is 0 Å². The zero-order valence-corrected chi connectivity index (χ0v) is 11.4. The monoisotopic (exact) mass is 258 g/mol. The number of hydrogen-bond donors (Lipinski definition) is 1. The van der Waals surface area contributed by atoms with Gasteiger partial charge in [0, 0.05) is 11.1 Å². The second-order valence-electron chi connectivity index (χ2n) is 4.47. The van der Waals surface area contributed by atoms with Crippen LogP contribution in [0.4, 0.5) is 0 Å². The molecule has 0 saturated carbocycles. The maximum Gasteiger partial charge on any atom is 0.125 e. The minimum atomic E-state index is -1.18. The van der Waals surface area contributed by atoms with Crippen molar-refractivity contribution in [2.45, 2.75) is 12.5 Å². The molecule has 0 aliphatic carbocycles. The summed E-state index contributed by atoms with van der Waals surface area (Å²) in [6, 6.07) is 14.9. The van der Waals surface area contributed by atoms with E-state index in [1.807, 2.05) is 48.5 Å². The van der Waals surface area contributed by atoms with Crippen molar-refractivity contribution in [3.63, 3.8) is 0 Å². The Hall–Kier alpha value is -2.00. The lowest BCUT2D eigenvalue weighted by atomic mass is 9.87. The van der Waals surface area contributed by atoms with E-state index in [1.54, 1.807) is 21.1 Å². The largest absolute Gasteiger partial charge is 0.496 e. The minimum Gasteiger partial charge on any atom is -0.496 e. The summed E-state index contributed by atoms with van der Waals surface area (Å²) in [6.07, 6.45) is 0. The Bertz CT molecular complexity index is 512. The second-order valence-corrected chi connectivity index (χ2v) is 4.47. The van der Waals surface area contributed by atoms with Crippen molar-refractivity contribution in [1.82, 2.24) is 0 Å². The van der Waals surface area contributed by atoms with Gasteiger partial charge in [-0.1, -0.05) is 36.4 Å². The predicted molar refractivity (Wildman–Crippen MR) is 74.7 cm³/mol. The highest BCUT2D eigenvalue weighted by Gasteiger charge is 2.31. The molecule has 0 amide bonds. The summed E-state index contributed by atoms with van der Waals surface area (Å²) >= 11 is 0. The molecule has 0 fully saturated rings. The Labute approximate surface area is 113 Å². The van der Waals surface area contributed by atoms with E-state index in [2.05, 4.69) is 0 Å². The average Bonchev–Trinajstić information content (AvgIpc) is 2.47. The molecule has 0 radical (unpaired) electrons. The van der Waals surface area contributed by atoms with Crippen molar-refractivity contribution in [3.05, 3.63) is 59.7 Å². The molecule has 1 N–H and O–H groups in total. The van der Waals surface area contributed by atoms with Gasteiger partial charge in [0.25, 0.3) is 0 Å². The zero-order chi connectivity index (χ0) is 13.9. The third-order valence-corrected chi connectivity index (χ3v) is 3.26. The summed E-state index contributed by atoms with van der Waals surface area (Å²) in [5.74, 6) is 1.30. The van der Waals surface area contributed by atoms with E-state index in [0.717, 1.165) is 0 Å². The molecule has 3 nitrogen and oxygen atoms in total. The molecule has 3 heteroatoms. The quantitative estimate of drug-likeness (QED) is 0.916.